The highest BCUT2D eigenvalue weighted by Crippen LogP contribution is 2.41. The van der Waals surface area contributed by atoms with Crippen molar-refractivity contribution < 1.29 is 85.7 Å². The zero-order valence-corrected chi connectivity index (χ0v) is 46.5. The summed E-state index contributed by atoms with van der Waals surface area (Å²) in [4.78, 5) is 84.1. The van der Waals surface area contributed by atoms with Crippen LogP contribution in [0.2, 0.25) is 0 Å². The Morgan fingerprint density at radius 3 is 0.725 bits per heavy atom. The van der Waals surface area contributed by atoms with E-state index in [1.165, 1.54) is 21.3 Å². The fraction of sp³-hybridized carbons (Fsp3) is 0.371. The molecule has 0 aliphatic heterocycles. The fourth-order valence-electron chi connectivity index (χ4n) is 9.42. The molecule has 0 atom stereocenters. The second kappa shape index (κ2) is 32.3. The lowest BCUT2D eigenvalue weighted by atomic mass is 9.87. The molecule has 18 nitrogen and oxygen atoms in total. The molecule has 0 N–H and O–H groups in total. The maximum atomic E-state index is 12.5. The van der Waals surface area contributed by atoms with Gasteiger partial charge < -0.3 is 52.1 Å². The summed E-state index contributed by atoms with van der Waals surface area (Å²) in [5.74, 6) is -1.99. The number of carbonyl (C=O) groups excluding carboxylic acids is 7. The lowest BCUT2D eigenvalue weighted by Crippen LogP contribution is -2.10. The summed E-state index contributed by atoms with van der Waals surface area (Å²) in [6.45, 7) is 3.92. The first-order valence-electron chi connectivity index (χ1n) is 26.0. The summed E-state index contributed by atoms with van der Waals surface area (Å²) in [5, 5.41) is 0. The van der Waals surface area contributed by atoms with Crippen molar-refractivity contribution in [2.24, 2.45) is 0 Å². The molecule has 1 aliphatic rings. The Hall–Kier alpha value is -8.67. The van der Waals surface area contributed by atoms with Crippen LogP contribution in [0.4, 0.5) is 0 Å². The Labute approximate surface area is 466 Å². The molecule has 5 rings (SSSR count). The third-order valence-corrected chi connectivity index (χ3v) is 12.8. The smallest absolute Gasteiger partial charge is 0.331 e. The van der Waals surface area contributed by atoms with Gasteiger partial charge >= 0.3 is 41.8 Å². The first kappa shape index (κ1) is 62.2. The average Bonchev–Trinajstić information content (AvgIpc) is 3.51. The Kier molecular flexibility index (Phi) is 25.1. The van der Waals surface area contributed by atoms with E-state index in [2.05, 4.69) is 69.3 Å². The molecule has 0 heterocycles. The molecule has 18 heteroatoms. The van der Waals surface area contributed by atoms with E-state index in [9.17, 15) is 33.6 Å². The number of esters is 7. The molecule has 0 spiro atoms. The van der Waals surface area contributed by atoms with Gasteiger partial charge in [0.15, 0.2) is 0 Å². The van der Waals surface area contributed by atoms with Gasteiger partial charge in [0, 0.05) is 68.2 Å². The van der Waals surface area contributed by atoms with Crippen molar-refractivity contribution in [1.82, 2.24) is 0 Å². The molecular formula is C62H70O18. The summed E-state index contributed by atoms with van der Waals surface area (Å²) in [5.41, 5.74) is 10.6. The highest BCUT2D eigenvalue weighted by Gasteiger charge is 2.24. The van der Waals surface area contributed by atoms with Crippen molar-refractivity contribution in [2.75, 3.05) is 76.2 Å². The summed E-state index contributed by atoms with van der Waals surface area (Å²) >= 11 is 0. The van der Waals surface area contributed by atoms with Crippen LogP contribution in [0.1, 0.15) is 92.4 Å². The lowest BCUT2D eigenvalue weighted by molar-refractivity contribution is -0.139. The Morgan fingerprint density at radius 2 is 0.537 bits per heavy atom. The SMILES string of the molecule is C=CC(=O)OCCCc1cc2c(OC)c(c1)Cc1cc(CCCOC(=O)/C=C\C(=O)OC)cc(c1OC)Cc1cc(CCCOC(=O)/C=C\C(=O)OC)cc(c1OC)Cc1cc(CCCOC(=O)/C=C\C(=O)OC)cc(c1OC)C2. The number of rotatable bonds is 27. The number of benzene rings is 4. The first-order valence-corrected chi connectivity index (χ1v) is 26.0. The third-order valence-electron chi connectivity index (χ3n) is 12.8. The van der Waals surface area contributed by atoms with E-state index in [-0.39, 0.29) is 26.4 Å². The van der Waals surface area contributed by atoms with Gasteiger partial charge in [0.2, 0.25) is 0 Å². The zero-order valence-electron chi connectivity index (χ0n) is 46.5. The monoisotopic (exact) mass is 1100 g/mol. The van der Waals surface area contributed by atoms with Crippen LogP contribution in [0.25, 0.3) is 0 Å². The van der Waals surface area contributed by atoms with Gasteiger partial charge in [-0.15, -0.1) is 0 Å². The molecule has 80 heavy (non-hydrogen) atoms. The highest BCUT2D eigenvalue weighted by atomic mass is 16.6. The molecule has 0 fully saturated rings. The van der Waals surface area contributed by atoms with E-state index >= 15 is 0 Å². The average molecular weight is 1100 g/mol. The zero-order chi connectivity index (χ0) is 58.0. The van der Waals surface area contributed by atoms with Crippen molar-refractivity contribution in [3.8, 4) is 23.0 Å². The van der Waals surface area contributed by atoms with Crippen LogP contribution in [-0.4, -0.2) is 118 Å². The minimum atomic E-state index is -0.682. The van der Waals surface area contributed by atoms with Crippen molar-refractivity contribution in [1.29, 1.82) is 0 Å². The standard InChI is InChI=1S/C62H70O18/c1-9-52(63)77-24-10-14-40-28-44-36-46-30-41(15-11-25-78-56(67)21-18-53(64)70-2)32-48(60(46)74-6)38-50-34-43(17-13-27-80-58(69)23-20-55(66)72-4)35-51(62(50)76-8)39-49-33-42(16-12-26-79-57(68)22-19-54(65)71-3)31-47(61(49)75-7)37-45(29-40)59(44)73-5/h9,18-23,28-35H,1,10-17,24-27,36-39H2,2-8H3/b21-18-,22-19-,23-20-. The molecule has 4 aromatic carbocycles. The fourth-order valence-corrected chi connectivity index (χ4v) is 9.42. The molecule has 8 bridgehead atoms. The predicted octanol–water partition coefficient (Wildman–Crippen LogP) is 7.67. The molecule has 4 aromatic rings. The molecule has 0 saturated heterocycles. The van der Waals surface area contributed by atoms with Gasteiger partial charge in [-0.3, -0.25) is 0 Å². The van der Waals surface area contributed by atoms with Gasteiger partial charge in [0.05, 0.1) is 76.2 Å². The summed E-state index contributed by atoms with van der Waals surface area (Å²) in [6, 6.07) is 16.7. The van der Waals surface area contributed by atoms with Gasteiger partial charge in [0.1, 0.15) is 23.0 Å². The molecule has 0 unspecified atom stereocenters. The number of fused-ring (bicyclic) bond motifs is 8. The Morgan fingerprint density at radius 1 is 0.338 bits per heavy atom. The van der Waals surface area contributed by atoms with Gasteiger partial charge in [-0.1, -0.05) is 55.1 Å². The van der Waals surface area contributed by atoms with Gasteiger partial charge in [-0.2, -0.15) is 0 Å². The van der Waals surface area contributed by atoms with Crippen LogP contribution in [0.3, 0.4) is 0 Å². The first-order chi connectivity index (χ1) is 38.6. The maximum absolute atomic E-state index is 12.5. The number of ether oxygens (including phenoxy) is 11. The molecule has 1 aliphatic carbocycles. The molecule has 0 saturated carbocycles. The summed E-state index contributed by atoms with van der Waals surface area (Å²) < 4.78 is 60.8. The van der Waals surface area contributed by atoms with Crippen molar-refractivity contribution in [3.05, 3.63) is 164 Å². The second-order valence-electron chi connectivity index (χ2n) is 18.4. The minimum absolute atomic E-state index is 0.0708. The third kappa shape index (κ3) is 19.1. The quantitative estimate of drug-likeness (QED) is 0.0213. The second-order valence-corrected chi connectivity index (χ2v) is 18.4. The van der Waals surface area contributed by atoms with Gasteiger partial charge in [-0.25, -0.2) is 33.6 Å². The van der Waals surface area contributed by atoms with Gasteiger partial charge in [0.25, 0.3) is 0 Å². The Bertz CT molecular complexity index is 2810. The number of hydrogen-bond donors (Lipinski definition) is 0. The van der Waals surface area contributed by atoms with Crippen LogP contribution in [0.15, 0.2) is 97.6 Å². The van der Waals surface area contributed by atoms with E-state index in [1.54, 1.807) is 28.4 Å². The molecule has 0 amide bonds. The molecule has 0 radical (unpaired) electrons. The molecule has 426 valence electrons. The predicted molar refractivity (Wildman–Crippen MR) is 294 cm³/mol. The highest BCUT2D eigenvalue weighted by molar-refractivity contribution is 5.92. The van der Waals surface area contributed by atoms with Crippen molar-refractivity contribution >= 4 is 41.8 Å². The van der Waals surface area contributed by atoms with E-state index in [0.29, 0.717) is 100 Å². The van der Waals surface area contributed by atoms with Crippen LogP contribution >= 0.6 is 0 Å². The maximum Gasteiger partial charge on any atom is 0.331 e. The number of carbonyl (C=O) groups is 7. The van der Waals surface area contributed by atoms with Crippen LogP contribution < -0.4 is 18.9 Å². The minimum Gasteiger partial charge on any atom is -0.496 e. The van der Waals surface area contributed by atoms with E-state index < -0.39 is 41.8 Å². The van der Waals surface area contributed by atoms with E-state index in [0.717, 1.165) is 109 Å². The normalized spacial score (nSPS) is 11.8. The largest absolute Gasteiger partial charge is 0.496 e. The Balaban J connectivity index is 1.69. The van der Waals surface area contributed by atoms with E-state index in [4.69, 9.17) is 37.9 Å². The van der Waals surface area contributed by atoms with Gasteiger partial charge in [-0.05, 0) is 118 Å². The lowest BCUT2D eigenvalue weighted by Gasteiger charge is -2.23. The topological polar surface area (TPSA) is 221 Å². The van der Waals surface area contributed by atoms with Crippen LogP contribution in [0, 0.1) is 0 Å². The van der Waals surface area contributed by atoms with Crippen molar-refractivity contribution in [2.45, 2.75) is 77.0 Å². The number of hydrogen-bond acceptors (Lipinski definition) is 18. The number of methoxy groups -OCH3 is 7. The van der Waals surface area contributed by atoms with E-state index in [1.807, 2.05) is 0 Å². The van der Waals surface area contributed by atoms with Crippen LogP contribution in [-0.2, 0) is 118 Å². The van der Waals surface area contributed by atoms with Crippen molar-refractivity contribution in [3.63, 3.8) is 0 Å². The van der Waals surface area contributed by atoms with Crippen LogP contribution in [0.5, 0.6) is 23.0 Å². The molecular weight excluding hydrogens is 1030 g/mol. The molecule has 0 aromatic heterocycles. The summed E-state index contributed by atoms with van der Waals surface area (Å²) in [6.07, 6.45) is 12.6. The summed E-state index contributed by atoms with van der Waals surface area (Å²) in [7, 11) is 10.2. The number of aryl methyl sites for hydroxylation is 4.